The molecule has 0 amide bonds. The van der Waals surface area contributed by atoms with E-state index in [9.17, 15) is 4.79 Å². The van der Waals surface area contributed by atoms with Crippen molar-refractivity contribution in [2.45, 2.75) is 19.9 Å². The second-order valence-electron chi connectivity index (χ2n) is 3.50. The van der Waals surface area contributed by atoms with E-state index >= 15 is 0 Å². The maximum absolute atomic E-state index is 10.7. The van der Waals surface area contributed by atoms with Gasteiger partial charge in [0.05, 0.1) is 7.11 Å². The van der Waals surface area contributed by atoms with E-state index in [1.165, 1.54) is 0 Å². The maximum atomic E-state index is 10.7. The van der Waals surface area contributed by atoms with Gasteiger partial charge in [0.1, 0.15) is 11.8 Å². The molecule has 0 saturated carbocycles. The van der Waals surface area contributed by atoms with Crippen LogP contribution in [-0.2, 0) is 4.79 Å². The van der Waals surface area contributed by atoms with Crippen LogP contribution in [0.2, 0.25) is 0 Å². The highest BCUT2D eigenvalue weighted by Crippen LogP contribution is 2.26. The number of hydrogen-bond donors (Lipinski definition) is 2. The van der Waals surface area contributed by atoms with E-state index in [1.54, 1.807) is 19.2 Å². The topological polar surface area (TPSA) is 72.5 Å². The highest BCUT2D eigenvalue weighted by Gasteiger charge is 2.16. The number of rotatable bonds is 3. The molecule has 1 aromatic carbocycles. The molecule has 0 aliphatic carbocycles. The molecule has 0 heterocycles. The summed E-state index contributed by atoms with van der Waals surface area (Å²) in [5.41, 5.74) is 7.91. The summed E-state index contributed by atoms with van der Waals surface area (Å²) in [6.45, 7) is 3.73. The van der Waals surface area contributed by atoms with Gasteiger partial charge >= 0.3 is 5.97 Å². The summed E-state index contributed by atoms with van der Waals surface area (Å²) in [6, 6.07) is 2.50. The number of carboxylic acid groups (broad SMARTS) is 1. The molecule has 0 aliphatic heterocycles. The molecule has 0 fully saturated rings. The Kier molecular flexibility index (Phi) is 3.31. The van der Waals surface area contributed by atoms with Gasteiger partial charge in [0.15, 0.2) is 0 Å². The van der Waals surface area contributed by atoms with Crippen LogP contribution in [0, 0.1) is 13.8 Å². The van der Waals surface area contributed by atoms with Gasteiger partial charge in [0.25, 0.3) is 0 Å². The van der Waals surface area contributed by atoms with Crippen LogP contribution < -0.4 is 10.5 Å². The van der Waals surface area contributed by atoms with Crippen LogP contribution in [0.3, 0.4) is 0 Å². The van der Waals surface area contributed by atoms with Crippen LogP contribution >= 0.6 is 0 Å². The van der Waals surface area contributed by atoms with E-state index in [0.717, 1.165) is 16.9 Å². The number of carbonyl (C=O) groups is 1. The smallest absolute Gasteiger partial charge is 0.325 e. The van der Waals surface area contributed by atoms with Crippen LogP contribution in [0.1, 0.15) is 22.7 Å². The summed E-state index contributed by atoms with van der Waals surface area (Å²) in [5, 5.41) is 8.79. The Labute approximate surface area is 88.7 Å². The minimum absolute atomic E-state index is 0.596. The van der Waals surface area contributed by atoms with E-state index in [-0.39, 0.29) is 0 Å². The molecule has 0 bridgehead atoms. The minimum atomic E-state index is -1.03. The van der Waals surface area contributed by atoms with E-state index in [4.69, 9.17) is 15.6 Å². The molecule has 4 nitrogen and oxygen atoms in total. The van der Waals surface area contributed by atoms with Crippen LogP contribution in [0.5, 0.6) is 5.75 Å². The SMILES string of the molecule is COc1c(C)cc([C@H](N)C(=O)O)cc1C. The summed E-state index contributed by atoms with van der Waals surface area (Å²) in [5.74, 6) is -0.254. The van der Waals surface area contributed by atoms with Crippen LogP contribution in [0.15, 0.2) is 12.1 Å². The Balaban J connectivity index is 3.19. The summed E-state index contributed by atoms with van der Waals surface area (Å²) >= 11 is 0. The summed E-state index contributed by atoms with van der Waals surface area (Å²) < 4.78 is 5.18. The zero-order valence-electron chi connectivity index (χ0n) is 9.07. The third-order valence-electron chi connectivity index (χ3n) is 2.31. The minimum Gasteiger partial charge on any atom is -0.496 e. The Bertz CT molecular complexity index is 364. The van der Waals surface area contributed by atoms with E-state index in [2.05, 4.69) is 0 Å². The number of methoxy groups -OCH3 is 1. The van der Waals surface area contributed by atoms with Crippen LogP contribution in [-0.4, -0.2) is 18.2 Å². The van der Waals surface area contributed by atoms with E-state index in [0.29, 0.717) is 5.56 Å². The normalized spacial score (nSPS) is 12.3. The lowest BCUT2D eigenvalue weighted by molar-refractivity contribution is -0.138. The zero-order chi connectivity index (χ0) is 11.6. The third-order valence-corrected chi connectivity index (χ3v) is 2.31. The number of aliphatic carboxylic acids is 1. The number of nitrogens with two attached hydrogens (primary N) is 1. The predicted molar refractivity (Wildman–Crippen MR) is 57.0 cm³/mol. The summed E-state index contributed by atoms with van der Waals surface area (Å²) in [6.07, 6.45) is 0. The molecule has 0 spiro atoms. The Morgan fingerprint density at radius 1 is 1.40 bits per heavy atom. The lowest BCUT2D eigenvalue weighted by atomic mass is 10.0. The summed E-state index contributed by atoms with van der Waals surface area (Å²) in [4.78, 5) is 10.7. The average molecular weight is 209 g/mol. The van der Waals surface area contributed by atoms with Gasteiger partial charge in [-0.05, 0) is 30.5 Å². The highest BCUT2D eigenvalue weighted by molar-refractivity contribution is 5.75. The third kappa shape index (κ3) is 2.27. The Morgan fingerprint density at radius 2 is 1.87 bits per heavy atom. The lowest BCUT2D eigenvalue weighted by Gasteiger charge is -2.13. The second-order valence-corrected chi connectivity index (χ2v) is 3.50. The molecule has 0 unspecified atom stereocenters. The first kappa shape index (κ1) is 11.5. The molecule has 1 atom stereocenters. The monoisotopic (exact) mass is 209 g/mol. The molecule has 4 heteroatoms. The molecule has 1 rings (SSSR count). The second kappa shape index (κ2) is 4.31. The molecular formula is C11H15NO3. The van der Waals surface area contributed by atoms with Gasteiger partial charge in [0.2, 0.25) is 0 Å². The lowest BCUT2D eigenvalue weighted by Crippen LogP contribution is -2.20. The molecule has 0 radical (unpaired) electrons. The van der Waals surface area contributed by atoms with E-state index in [1.807, 2.05) is 13.8 Å². The molecule has 1 aromatic rings. The first-order chi connectivity index (χ1) is 6.97. The largest absolute Gasteiger partial charge is 0.496 e. The Hall–Kier alpha value is -1.55. The van der Waals surface area contributed by atoms with Crippen molar-refractivity contribution >= 4 is 5.97 Å². The van der Waals surface area contributed by atoms with Crippen molar-refractivity contribution in [1.82, 2.24) is 0 Å². The molecule has 3 N–H and O–H groups in total. The fourth-order valence-corrected chi connectivity index (χ4v) is 1.63. The van der Waals surface area contributed by atoms with Crippen molar-refractivity contribution in [3.8, 4) is 5.75 Å². The molecule has 0 aliphatic rings. The Morgan fingerprint density at radius 3 is 2.20 bits per heavy atom. The molecule has 0 aromatic heterocycles. The van der Waals surface area contributed by atoms with Crippen LogP contribution in [0.4, 0.5) is 0 Å². The van der Waals surface area contributed by atoms with Gasteiger partial charge in [-0.2, -0.15) is 0 Å². The van der Waals surface area contributed by atoms with Gasteiger partial charge < -0.3 is 15.6 Å². The number of carboxylic acids is 1. The zero-order valence-corrected chi connectivity index (χ0v) is 9.07. The molecule has 15 heavy (non-hydrogen) atoms. The average Bonchev–Trinajstić information content (AvgIpc) is 2.15. The molecular weight excluding hydrogens is 194 g/mol. The van der Waals surface area contributed by atoms with Crippen molar-refractivity contribution in [1.29, 1.82) is 0 Å². The van der Waals surface area contributed by atoms with Crippen molar-refractivity contribution in [2.75, 3.05) is 7.11 Å². The summed E-state index contributed by atoms with van der Waals surface area (Å²) in [7, 11) is 1.59. The number of benzene rings is 1. The first-order valence-corrected chi connectivity index (χ1v) is 4.61. The van der Waals surface area contributed by atoms with Gasteiger partial charge in [0, 0.05) is 0 Å². The molecule has 0 saturated heterocycles. The van der Waals surface area contributed by atoms with Crippen molar-refractivity contribution in [2.24, 2.45) is 5.73 Å². The van der Waals surface area contributed by atoms with Gasteiger partial charge in [-0.3, -0.25) is 4.79 Å². The highest BCUT2D eigenvalue weighted by atomic mass is 16.5. The standard InChI is InChI=1S/C11H15NO3/c1-6-4-8(9(12)11(13)14)5-7(2)10(6)15-3/h4-5,9H,12H2,1-3H3,(H,13,14)/t9-/m0/s1. The predicted octanol–water partition coefficient (Wildman–Crippen LogP) is 1.40. The van der Waals surface area contributed by atoms with Gasteiger partial charge in [-0.1, -0.05) is 12.1 Å². The quantitative estimate of drug-likeness (QED) is 0.789. The number of hydrogen-bond acceptors (Lipinski definition) is 3. The fourth-order valence-electron chi connectivity index (χ4n) is 1.63. The first-order valence-electron chi connectivity index (χ1n) is 4.61. The van der Waals surface area contributed by atoms with Gasteiger partial charge in [-0.25, -0.2) is 0 Å². The number of ether oxygens (including phenoxy) is 1. The fraction of sp³-hybridized carbons (Fsp3) is 0.364. The van der Waals surface area contributed by atoms with Crippen molar-refractivity contribution < 1.29 is 14.6 Å². The van der Waals surface area contributed by atoms with E-state index < -0.39 is 12.0 Å². The van der Waals surface area contributed by atoms with Crippen molar-refractivity contribution in [3.63, 3.8) is 0 Å². The molecule has 82 valence electrons. The van der Waals surface area contributed by atoms with Crippen molar-refractivity contribution in [3.05, 3.63) is 28.8 Å². The number of aryl methyl sites for hydroxylation is 2. The van der Waals surface area contributed by atoms with Gasteiger partial charge in [-0.15, -0.1) is 0 Å². The van der Waals surface area contributed by atoms with Crippen LogP contribution in [0.25, 0.3) is 0 Å². The maximum Gasteiger partial charge on any atom is 0.325 e.